The number of nitrogens with one attached hydrogen (secondary N) is 1. The first-order chi connectivity index (χ1) is 13.2. The van der Waals surface area contributed by atoms with E-state index in [0.29, 0.717) is 12.2 Å². The maximum atomic E-state index is 13.1. The Balaban J connectivity index is 1.81. The van der Waals surface area contributed by atoms with Gasteiger partial charge in [-0.05, 0) is 73.3 Å². The molecule has 0 amide bonds. The Hall–Kier alpha value is -1.85. The van der Waals surface area contributed by atoms with Crippen LogP contribution in [-0.4, -0.2) is 21.6 Å². The van der Waals surface area contributed by atoms with Gasteiger partial charge in [0, 0.05) is 6.04 Å². The lowest BCUT2D eigenvalue weighted by molar-refractivity contribution is 0.398. The fourth-order valence-corrected chi connectivity index (χ4v) is 5.70. The van der Waals surface area contributed by atoms with Crippen LogP contribution < -0.4 is 9.46 Å². The lowest BCUT2D eigenvalue weighted by Crippen LogP contribution is -2.37. The van der Waals surface area contributed by atoms with Gasteiger partial charge in [-0.2, -0.15) is 0 Å². The van der Waals surface area contributed by atoms with Crippen molar-refractivity contribution < 1.29 is 13.2 Å². The molecule has 1 aliphatic carbocycles. The molecular weight excluding hydrogens is 370 g/mol. The first-order valence-electron chi connectivity index (χ1n) is 10.0. The summed E-state index contributed by atoms with van der Waals surface area (Å²) >= 11 is 0. The van der Waals surface area contributed by atoms with Crippen LogP contribution in [0, 0.1) is 0 Å². The third-order valence-corrected chi connectivity index (χ3v) is 7.26. The molecule has 2 aromatic rings. The van der Waals surface area contributed by atoms with Gasteiger partial charge in [-0.1, -0.05) is 44.2 Å². The molecule has 0 bridgehead atoms. The summed E-state index contributed by atoms with van der Waals surface area (Å²) in [5, 5.41) is 0. The zero-order valence-corrected chi connectivity index (χ0v) is 18.1. The van der Waals surface area contributed by atoms with E-state index in [9.17, 15) is 8.42 Å². The number of rotatable bonds is 7. The summed E-state index contributed by atoms with van der Waals surface area (Å²) in [4.78, 5) is 0.250. The Morgan fingerprint density at radius 2 is 1.68 bits per heavy atom. The van der Waals surface area contributed by atoms with Crippen LogP contribution in [0.15, 0.2) is 47.4 Å². The number of benzene rings is 2. The van der Waals surface area contributed by atoms with Gasteiger partial charge in [0.15, 0.2) is 0 Å². The minimum Gasteiger partial charge on any atom is -0.495 e. The highest BCUT2D eigenvalue weighted by Gasteiger charge is 2.28. The molecule has 1 N–H and O–H groups in total. The van der Waals surface area contributed by atoms with Crippen molar-refractivity contribution in [3.8, 4) is 5.75 Å². The molecule has 28 heavy (non-hydrogen) atoms. The van der Waals surface area contributed by atoms with Crippen LogP contribution in [0.5, 0.6) is 5.75 Å². The van der Waals surface area contributed by atoms with Crippen molar-refractivity contribution in [1.82, 2.24) is 4.72 Å². The highest BCUT2D eigenvalue weighted by molar-refractivity contribution is 7.89. The normalized spacial score (nSPS) is 15.7. The smallest absolute Gasteiger partial charge is 0.244 e. The van der Waals surface area contributed by atoms with E-state index in [1.54, 1.807) is 0 Å². The minimum atomic E-state index is -3.67. The molecule has 0 radical (unpaired) electrons. The Bertz CT molecular complexity index is 920. The fraction of sp³-hybridized carbons (Fsp3) is 0.478. The van der Waals surface area contributed by atoms with Crippen LogP contribution in [-0.2, 0) is 28.3 Å². The first kappa shape index (κ1) is 20.9. The van der Waals surface area contributed by atoms with Crippen LogP contribution in [0.2, 0.25) is 0 Å². The van der Waals surface area contributed by atoms with E-state index < -0.39 is 10.0 Å². The number of methoxy groups -OCH3 is 1. The summed E-state index contributed by atoms with van der Waals surface area (Å²) in [7, 11) is -2.13. The van der Waals surface area contributed by atoms with Crippen molar-refractivity contribution in [3.63, 3.8) is 0 Å². The molecule has 0 unspecified atom stereocenters. The largest absolute Gasteiger partial charge is 0.495 e. The van der Waals surface area contributed by atoms with E-state index in [0.717, 1.165) is 31.2 Å². The average Bonchev–Trinajstić information content (AvgIpc) is 2.66. The van der Waals surface area contributed by atoms with E-state index in [2.05, 4.69) is 30.7 Å². The van der Waals surface area contributed by atoms with Crippen molar-refractivity contribution in [2.45, 2.75) is 69.2 Å². The van der Waals surface area contributed by atoms with E-state index in [1.165, 1.54) is 18.2 Å². The molecule has 0 saturated heterocycles. The molecule has 0 saturated carbocycles. The molecule has 0 spiro atoms. The molecule has 152 valence electrons. The third-order valence-electron chi connectivity index (χ3n) is 5.65. The van der Waals surface area contributed by atoms with Crippen molar-refractivity contribution in [2.24, 2.45) is 0 Å². The highest BCUT2D eigenvalue weighted by atomic mass is 32.2. The maximum Gasteiger partial charge on any atom is 0.244 e. The molecule has 0 aromatic heterocycles. The summed E-state index contributed by atoms with van der Waals surface area (Å²) in [5.74, 6) is 0.433. The molecule has 1 aliphatic rings. The predicted octanol–water partition coefficient (Wildman–Crippen LogP) is 4.61. The average molecular weight is 402 g/mol. The zero-order valence-electron chi connectivity index (χ0n) is 17.3. The quantitative estimate of drug-likeness (QED) is 0.737. The Morgan fingerprint density at radius 1 is 1.07 bits per heavy atom. The summed E-state index contributed by atoms with van der Waals surface area (Å²) < 4.78 is 34.6. The summed E-state index contributed by atoms with van der Waals surface area (Å²) in [6.07, 6.45) is 4.86. The number of aryl methyl sites for hydroxylation is 2. The van der Waals surface area contributed by atoms with Crippen molar-refractivity contribution in [1.29, 1.82) is 0 Å². The third kappa shape index (κ3) is 4.58. The van der Waals surface area contributed by atoms with Gasteiger partial charge in [0.2, 0.25) is 10.0 Å². The second kappa shape index (κ2) is 8.26. The fourth-order valence-electron chi connectivity index (χ4n) is 4.25. The van der Waals surface area contributed by atoms with Crippen LogP contribution in [0.4, 0.5) is 0 Å². The van der Waals surface area contributed by atoms with Crippen LogP contribution in [0.1, 0.15) is 56.7 Å². The molecule has 0 heterocycles. The maximum absolute atomic E-state index is 13.1. The second-order valence-corrected chi connectivity index (χ2v) is 10.1. The van der Waals surface area contributed by atoms with Gasteiger partial charge in [0.1, 0.15) is 10.6 Å². The monoisotopic (exact) mass is 401 g/mol. The minimum absolute atomic E-state index is 0.136. The van der Waals surface area contributed by atoms with Gasteiger partial charge in [0.05, 0.1) is 7.11 Å². The number of hydrogen-bond acceptors (Lipinski definition) is 3. The van der Waals surface area contributed by atoms with Gasteiger partial charge in [0.25, 0.3) is 0 Å². The van der Waals surface area contributed by atoms with Gasteiger partial charge in [-0.3, -0.25) is 0 Å². The molecule has 1 atom stereocenters. The number of ether oxygens (including phenoxy) is 1. The van der Waals surface area contributed by atoms with Crippen LogP contribution >= 0.6 is 0 Å². The lowest BCUT2D eigenvalue weighted by atomic mass is 9.79. The lowest BCUT2D eigenvalue weighted by Gasteiger charge is -2.29. The number of hydrogen-bond donors (Lipinski definition) is 1. The molecule has 0 aliphatic heterocycles. The van der Waals surface area contributed by atoms with Crippen molar-refractivity contribution >= 4 is 10.0 Å². The van der Waals surface area contributed by atoms with Gasteiger partial charge >= 0.3 is 0 Å². The predicted molar refractivity (Wildman–Crippen MR) is 114 cm³/mol. The van der Waals surface area contributed by atoms with Crippen molar-refractivity contribution in [2.75, 3.05) is 7.11 Å². The van der Waals surface area contributed by atoms with E-state index in [4.69, 9.17) is 4.74 Å². The van der Waals surface area contributed by atoms with E-state index in [1.807, 2.05) is 37.3 Å². The Labute approximate surface area is 169 Å². The molecular formula is C23H31NO3S. The first-order valence-corrected chi connectivity index (χ1v) is 11.5. The van der Waals surface area contributed by atoms with Crippen molar-refractivity contribution in [3.05, 3.63) is 59.2 Å². The highest BCUT2D eigenvalue weighted by Crippen LogP contribution is 2.33. The molecule has 3 rings (SSSR count). The second-order valence-electron chi connectivity index (χ2n) is 8.46. The van der Waals surface area contributed by atoms with E-state index >= 15 is 0 Å². The summed E-state index contributed by atoms with van der Waals surface area (Å²) in [6.45, 7) is 6.21. The number of sulfonamides is 1. The van der Waals surface area contributed by atoms with Gasteiger partial charge in [-0.25, -0.2) is 13.1 Å². The topological polar surface area (TPSA) is 55.4 Å². The standard InChI is InChI=1S/C23H31NO3S/c1-17(16-23(2,3)20-12-6-5-7-13-20)24-28(25,26)22-15-19-11-9-8-10-18(19)14-21(22)27-4/h5-7,12-15,17,24H,8-11,16H2,1-4H3/t17-/m0/s1. The zero-order chi connectivity index (χ0) is 20.4. The molecule has 0 fully saturated rings. The Morgan fingerprint density at radius 3 is 2.29 bits per heavy atom. The number of fused-ring (bicyclic) bond motifs is 1. The van der Waals surface area contributed by atoms with E-state index in [-0.39, 0.29) is 16.4 Å². The molecule has 4 nitrogen and oxygen atoms in total. The molecule has 5 heteroatoms. The Kier molecular flexibility index (Phi) is 6.15. The van der Waals surface area contributed by atoms with Gasteiger partial charge < -0.3 is 4.74 Å². The van der Waals surface area contributed by atoms with Gasteiger partial charge in [-0.15, -0.1) is 0 Å². The SMILES string of the molecule is COc1cc2c(cc1S(=O)(=O)N[C@@H](C)CC(C)(C)c1ccccc1)CCCC2. The van der Waals surface area contributed by atoms with Crippen LogP contribution in [0.3, 0.4) is 0 Å². The molecule has 2 aromatic carbocycles. The summed E-state index contributed by atoms with van der Waals surface area (Å²) in [5.41, 5.74) is 3.40. The summed E-state index contributed by atoms with van der Waals surface area (Å²) in [6, 6.07) is 13.7. The van der Waals surface area contributed by atoms with Crippen LogP contribution in [0.25, 0.3) is 0 Å².